The van der Waals surface area contributed by atoms with Crippen LogP contribution in [0.2, 0.25) is 0 Å². The highest BCUT2D eigenvalue weighted by molar-refractivity contribution is 4.92. The smallest absolute Gasteiger partial charge is 0.0962 e. The topological polar surface area (TPSA) is 39.1 Å². The highest BCUT2D eigenvalue weighted by atomic mass is 15.1. The van der Waals surface area contributed by atoms with Crippen molar-refractivity contribution in [2.45, 2.75) is 51.0 Å². The molecule has 0 bridgehead atoms. The first-order chi connectivity index (χ1) is 8.28. The van der Waals surface area contributed by atoms with E-state index in [1.807, 2.05) is 7.05 Å². The van der Waals surface area contributed by atoms with E-state index in [0.717, 1.165) is 13.0 Å². The van der Waals surface area contributed by atoms with Crippen LogP contribution in [-0.2, 0) is 0 Å². The maximum absolute atomic E-state index is 8.89. The number of hydrogen-bond donors (Lipinski definition) is 1. The molecule has 0 radical (unpaired) electrons. The average Bonchev–Trinajstić information content (AvgIpc) is 2.81. The molecule has 2 rings (SSSR count). The summed E-state index contributed by atoms with van der Waals surface area (Å²) in [5.74, 6) is 0. The van der Waals surface area contributed by atoms with E-state index in [0.29, 0.717) is 5.41 Å². The summed E-state index contributed by atoms with van der Waals surface area (Å²) in [6.07, 6.45) is 9.59. The van der Waals surface area contributed by atoms with Crippen LogP contribution >= 0.6 is 0 Å². The van der Waals surface area contributed by atoms with Crippen LogP contribution in [-0.4, -0.2) is 37.6 Å². The maximum atomic E-state index is 8.89. The summed E-state index contributed by atoms with van der Waals surface area (Å²) in [6, 6.07) is 2.33. The molecular weight excluding hydrogens is 210 g/mol. The van der Waals surface area contributed by atoms with Crippen molar-refractivity contribution in [1.29, 1.82) is 5.26 Å². The highest BCUT2D eigenvalue weighted by Crippen LogP contribution is 2.45. The van der Waals surface area contributed by atoms with Gasteiger partial charge in [0, 0.05) is 6.54 Å². The Morgan fingerprint density at radius 2 is 1.88 bits per heavy atom. The predicted molar refractivity (Wildman–Crippen MR) is 69.7 cm³/mol. The van der Waals surface area contributed by atoms with Gasteiger partial charge in [-0.15, -0.1) is 0 Å². The molecule has 3 nitrogen and oxygen atoms in total. The summed E-state index contributed by atoms with van der Waals surface area (Å²) in [6.45, 7) is 3.58. The van der Waals surface area contributed by atoms with Gasteiger partial charge >= 0.3 is 0 Å². The van der Waals surface area contributed by atoms with Crippen LogP contribution in [0.25, 0.3) is 0 Å². The summed E-state index contributed by atoms with van der Waals surface area (Å²) < 4.78 is 0. The molecule has 1 aliphatic carbocycles. The first-order valence-corrected chi connectivity index (χ1v) is 7.07. The van der Waals surface area contributed by atoms with Gasteiger partial charge in [-0.25, -0.2) is 0 Å². The lowest BCUT2D eigenvalue weighted by Gasteiger charge is -2.39. The van der Waals surface area contributed by atoms with Gasteiger partial charge in [-0.2, -0.15) is 5.26 Å². The monoisotopic (exact) mass is 235 g/mol. The van der Waals surface area contributed by atoms with E-state index in [2.05, 4.69) is 16.3 Å². The SMILES string of the molecule is CNC(C#N)CCN1CCC2(CCCC2)CC1. The Morgan fingerprint density at radius 1 is 1.24 bits per heavy atom. The van der Waals surface area contributed by atoms with Gasteiger partial charge < -0.3 is 10.2 Å². The van der Waals surface area contributed by atoms with E-state index < -0.39 is 0 Å². The summed E-state index contributed by atoms with van der Waals surface area (Å²) >= 11 is 0. The number of nitrogens with zero attached hydrogens (tertiary/aromatic N) is 2. The van der Waals surface area contributed by atoms with Crippen molar-refractivity contribution in [3.05, 3.63) is 0 Å². The molecule has 1 unspecified atom stereocenters. The molecule has 1 saturated heterocycles. The Balaban J connectivity index is 1.70. The minimum atomic E-state index is 0.0253. The number of nitrogens with one attached hydrogen (secondary N) is 1. The van der Waals surface area contributed by atoms with Crippen molar-refractivity contribution in [2.75, 3.05) is 26.7 Å². The zero-order chi connectivity index (χ0) is 12.1. The van der Waals surface area contributed by atoms with Crippen molar-refractivity contribution >= 4 is 0 Å². The Bertz CT molecular complexity index is 266. The predicted octanol–water partition coefficient (Wildman–Crippen LogP) is 2.14. The number of nitriles is 1. The molecule has 0 aromatic carbocycles. The fourth-order valence-corrected chi connectivity index (χ4v) is 3.46. The molecule has 1 atom stereocenters. The summed E-state index contributed by atoms with van der Waals surface area (Å²) in [5.41, 5.74) is 0.716. The lowest BCUT2D eigenvalue weighted by Crippen LogP contribution is -2.40. The fourth-order valence-electron chi connectivity index (χ4n) is 3.46. The van der Waals surface area contributed by atoms with E-state index in [1.165, 1.54) is 51.6 Å². The third-order valence-electron chi connectivity index (χ3n) is 4.82. The third kappa shape index (κ3) is 3.20. The maximum Gasteiger partial charge on any atom is 0.0962 e. The van der Waals surface area contributed by atoms with Crippen LogP contribution in [0.3, 0.4) is 0 Å². The minimum Gasteiger partial charge on any atom is -0.305 e. The summed E-state index contributed by atoms with van der Waals surface area (Å²) in [5, 5.41) is 11.9. The first kappa shape index (κ1) is 12.9. The van der Waals surface area contributed by atoms with Gasteiger partial charge in [0.1, 0.15) is 0 Å². The van der Waals surface area contributed by atoms with Crippen LogP contribution in [0.1, 0.15) is 44.9 Å². The van der Waals surface area contributed by atoms with Crippen LogP contribution in [0.5, 0.6) is 0 Å². The van der Waals surface area contributed by atoms with E-state index in [9.17, 15) is 0 Å². The Labute approximate surface area is 105 Å². The van der Waals surface area contributed by atoms with Gasteiger partial charge in [0.15, 0.2) is 0 Å². The van der Waals surface area contributed by atoms with E-state index in [4.69, 9.17) is 5.26 Å². The molecule has 0 aromatic heterocycles. The summed E-state index contributed by atoms with van der Waals surface area (Å²) in [7, 11) is 1.87. The number of rotatable bonds is 4. The number of likely N-dealkylation sites (tertiary alicyclic amines) is 1. The Morgan fingerprint density at radius 3 is 2.41 bits per heavy atom. The van der Waals surface area contributed by atoms with Crippen LogP contribution in [0.15, 0.2) is 0 Å². The molecule has 1 spiro atoms. The van der Waals surface area contributed by atoms with Gasteiger partial charge in [-0.05, 0) is 57.7 Å². The zero-order valence-corrected chi connectivity index (χ0v) is 11.0. The normalized spacial score (nSPS) is 25.9. The van der Waals surface area contributed by atoms with Gasteiger partial charge in [0.25, 0.3) is 0 Å². The third-order valence-corrected chi connectivity index (χ3v) is 4.82. The van der Waals surface area contributed by atoms with Crippen molar-refractivity contribution in [3.63, 3.8) is 0 Å². The minimum absolute atomic E-state index is 0.0253. The summed E-state index contributed by atoms with van der Waals surface area (Å²) in [4.78, 5) is 2.55. The van der Waals surface area contributed by atoms with E-state index in [-0.39, 0.29) is 6.04 Å². The molecule has 0 aromatic rings. The van der Waals surface area contributed by atoms with Crippen LogP contribution < -0.4 is 5.32 Å². The van der Waals surface area contributed by atoms with Crippen LogP contribution in [0, 0.1) is 16.7 Å². The van der Waals surface area contributed by atoms with Crippen molar-refractivity contribution < 1.29 is 0 Å². The lowest BCUT2D eigenvalue weighted by molar-refractivity contribution is 0.107. The largest absolute Gasteiger partial charge is 0.305 e. The highest BCUT2D eigenvalue weighted by Gasteiger charge is 2.36. The van der Waals surface area contributed by atoms with Gasteiger partial charge in [-0.1, -0.05) is 12.8 Å². The molecule has 1 heterocycles. The van der Waals surface area contributed by atoms with Gasteiger partial charge in [0.05, 0.1) is 12.1 Å². The molecule has 0 amide bonds. The molecule has 17 heavy (non-hydrogen) atoms. The van der Waals surface area contributed by atoms with E-state index in [1.54, 1.807) is 0 Å². The van der Waals surface area contributed by atoms with Crippen molar-refractivity contribution in [2.24, 2.45) is 5.41 Å². The molecule has 3 heteroatoms. The van der Waals surface area contributed by atoms with E-state index >= 15 is 0 Å². The van der Waals surface area contributed by atoms with Gasteiger partial charge in [0.2, 0.25) is 0 Å². The fraction of sp³-hybridized carbons (Fsp3) is 0.929. The quantitative estimate of drug-likeness (QED) is 0.811. The van der Waals surface area contributed by atoms with Crippen molar-refractivity contribution in [1.82, 2.24) is 10.2 Å². The molecule has 1 saturated carbocycles. The molecule has 2 fully saturated rings. The van der Waals surface area contributed by atoms with Crippen molar-refractivity contribution in [3.8, 4) is 6.07 Å². The number of hydrogen-bond acceptors (Lipinski definition) is 3. The second-order valence-electron chi connectivity index (χ2n) is 5.81. The Hall–Kier alpha value is -0.590. The molecule has 1 N–H and O–H groups in total. The zero-order valence-electron chi connectivity index (χ0n) is 11.0. The first-order valence-electron chi connectivity index (χ1n) is 7.07. The standard InChI is InChI=1S/C14H25N3/c1-16-13(12-15)4-9-17-10-7-14(8-11-17)5-2-3-6-14/h13,16H,2-11H2,1H3. The lowest BCUT2D eigenvalue weighted by atomic mass is 9.77. The Kier molecular flexibility index (Phi) is 4.42. The molecule has 96 valence electrons. The molecule has 1 aliphatic heterocycles. The average molecular weight is 235 g/mol. The molecule has 2 aliphatic rings. The number of piperidine rings is 1. The second kappa shape index (κ2) is 5.84. The second-order valence-corrected chi connectivity index (χ2v) is 5.81. The molecular formula is C14H25N3. The van der Waals surface area contributed by atoms with Gasteiger partial charge in [-0.3, -0.25) is 0 Å². The van der Waals surface area contributed by atoms with Crippen LogP contribution in [0.4, 0.5) is 0 Å².